The number of likely N-dealkylation sites (tertiary alicyclic amines) is 1. The van der Waals surface area contributed by atoms with E-state index in [-0.39, 0.29) is 5.91 Å². The lowest BCUT2D eigenvalue weighted by Gasteiger charge is -2.26. The molecule has 0 bridgehead atoms. The third-order valence-electron chi connectivity index (χ3n) is 3.87. The van der Waals surface area contributed by atoms with Gasteiger partial charge in [-0.3, -0.25) is 9.36 Å². The molecule has 1 saturated heterocycles. The molecule has 5 heteroatoms. The van der Waals surface area contributed by atoms with Crippen LogP contribution in [0.15, 0.2) is 40.1 Å². The zero-order valence-electron chi connectivity index (χ0n) is 11.9. The Morgan fingerprint density at radius 2 is 2.05 bits per heavy atom. The van der Waals surface area contributed by atoms with Crippen molar-refractivity contribution in [2.24, 2.45) is 0 Å². The van der Waals surface area contributed by atoms with E-state index in [0.29, 0.717) is 23.2 Å². The molecule has 0 N–H and O–H groups in total. The summed E-state index contributed by atoms with van der Waals surface area (Å²) in [6.07, 6.45) is 4.93. The Labute approximate surface area is 122 Å². The van der Waals surface area contributed by atoms with Crippen LogP contribution in [0.2, 0.25) is 0 Å². The van der Waals surface area contributed by atoms with Gasteiger partial charge in [0.15, 0.2) is 5.58 Å². The molecule has 1 aliphatic rings. The quantitative estimate of drug-likeness (QED) is 0.814. The summed E-state index contributed by atoms with van der Waals surface area (Å²) in [5, 5.41) is 0. The summed E-state index contributed by atoms with van der Waals surface area (Å²) in [6, 6.07) is 5.15. The third-order valence-corrected chi connectivity index (χ3v) is 3.87. The highest BCUT2D eigenvalue weighted by Crippen LogP contribution is 2.18. The Hall–Kier alpha value is -2.30. The van der Waals surface area contributed by atoms with E-state index in [2.05, 4.69) is 6.58 Å². The van der Waals surface area contributed by atoms with Crippen molar-refractivity contribution in [2.45, 2.75) is 25.8 Å². The second-order valence-electron chi connectivity index (χ2n) is 5.30. The largest absolute Gasteiger partial charge is 0.420 e. The Balaban J connectivity index is 1.99. The van der Waals surface area contributed by atoms with E-state index in [4.69, 9.17) is 4.42 Å². The first kappa shape index (κ1) is 13.7. The molecule has 0 radical (unpaired) electrons. The Kier molecular flexibility index (Phi) is 3.64. The van der Waals surface area contributed by atoms with Gasteiger partial charge in [0.05, 0.1) is 5.52 Å². The van der Waals surface area contributed by atoms with Gasteiger partial charge >= 0.3 is 5.76 Å². The van der Waals surface area contributed by atoms with Gasteiger partial charge in [0.25, 0.3) is 5.91 Å². The Morgan fingerprint density at radius 3 is 2.76 bits per heavy atom. The average molecular weight is 286 g/mol. The summed E-state index contributed by atoms with van der Waals surface area (Å²) >= 11 is 0. The molecule has 1 aromatic carbocycles. The third kappa shape index (κ3) is 2.51. The van der Waals surface area contributed by atoms with E-state index in [1.807, 2.05) is 4.90 Å². The van der Waals surface area contributed by atoms with Crippen LogP contribution < -0.4 is 5.76 Å². The van der Waals surface area contributed by atoms with Crippen molar-refractivity contribution < 1.29 is 9.21 Å². The lowest BCUT2D eigenvalue weighted by atomic mass is 10.1. The molecule has 3 rings (SSSR count). The van der Waals surface area contributed by atoms with Crippen LogP contribution >= 0.6 is 0 Å². The molecule has 1 aliphatic heterocycles. The maximum Gasteiger partial charge on any atom is 0.420 e. The molecule has 0 unspecified atom stereocenters. The van der Waals surface area contributed by atoms with Crippen molar-refractivity contribution in [2.75, 3.05) is 13.1 Å². The molecule has 0 atom stereocenters. The van der Waals surface area contributed by atoms with Gasteiger partial charge < -0.3 is 9.32 Å². The summed E-state index contributed by atoms with van der Waals surface area (Å²) in [5.41, 5.74) is 1.74. The molecular weight excluding hydrogens is 268 g/mol. The monoisotopic (exact) mass is 286 g/mol. The minimum absolute atomic E-state index is 0.0235. The molecule has 110 valence electrons. The predicted molar refractivity (Wildman–Crippen MR) is 80.4 cm³/mol. The molecule has 1 amide bonds. The van der Waals surface area contributed by atoms with Gasteiger partial charge in [-0.05, 0) is 37.5 Å². The molecular formula is C16H18N2O3. The first-order chi connectivity index (χ1) is 10.2. The maximum absolute atomic E-state index is 12.5. The van der Waals surface area contributed by atoms with E-state index in [1.54, 1.807) is 24.3 Å². The normalized spacial score (nSPS) is 15.3. The van der Waals surface area contributed by atoms with Crippen LogP contribution in [0.5, 0.6) is 0 Å². The fourth-order valence-corrected chi connectivity index (χ4v) is 2.78. The molecule has 5 nitrogen and oxygen atoms in total. The van der Waals surface area contributed by atoms with Gasteiger partial charge in [0.1, 0.15) is 0 Å². The van der Waals surface area contributed by atoms with Crippen LogP contribution in [-0.4, -0.2) is 28.5 Å². The number of rotatable bonds is 3. The summed E-state index contributed by atoms with van der Waals surface area (Å²) < 4.78 is 6.65. The first-order valence-corrected chi connectivity index (χ1v) is 7.24. The van der Waals surface area contributed by atoms with Crippen LogP contribution in [0, 0.1) is 0 Å². The summed E-state index contributed by atoms with van der Waals surface area (Å²) in [7, 11) is 0. The topological polar surface area (TPSA) is 55.5 Å². The van der Waals surface area contributed by atoms with E-state index < -0.39 is 5.76 Å². The number of benzene rings is 1. The van der Waals surface area contributed by atoms with Crippen LogP contribution in [0.3, 0.4) is 0 Å². The number of nitrogens with zero attached hydrogens (tertiary/aromatic N) is 2. The average Bonchev–Trinajstić information content (AvgIpc) is 2.83. The van der Waals surface area contributed by atoms with E-state index in [9.17, 15) is 9.59 Å². The van der Waals surface area contributed by atoms with Crippen LogP contribution in [0.25, 0.3) is 11.1 Å². The number of carbonyl (C=O) groups excluding carboxylic acids is 1. The molecule has 1 fully saturated rings. The lowest BCUT2D eigenvalue weighted by molar-refractivity contribution is 0.0724. The summed E-state index contributed by atoms with van der Waals surface area (Å²) in [5.74, 6) is -0.400. The SMILES string of the molecule is C=CCn1c(=O)oc2ccc(C(=O)N3CCCCC3)cc21. The number of hydrogen-bond donors (Lipinski definition) is 0. The van der Waals surface area contributed by atoms with Crippen molar-refractivity contribution in [3.8, 4) is 0 Å². The number of oxazole rings is 1. The van der Waals surface area contributed by atoms with Crippen LogP contribution in [0.1, 0.15) is 29.6 Å². The molecule has 0 saturated carbocycles. The van der Waals surface area contributed by atoms with Crippen molar-refractivity contribution in [3.05, 3.63) is 47.0 Å². The number of piperidine rings is 1. The number of aromatic nitrogens is 1. The number of carbonyl (C=O) groups is 1. The van der Waals surface area contributed by atoms with Crippen LogP contribution in [-0.2, 0) is 6.54 Å². The van der Waals surface area contributed by atoms with E-state index in [0.717, 1.165) is 25.9 Å². The smallest absolute Gasteiger partial charge is 0.408 e. The molecule has 2 aromatic rings. The highest BCUT2D eigenvalue weighted by Gasteiger charge is 2.19. The number of fused-ring (bicyclic) bond motifs is 1. The summed E-state index contributed by atoms with van der Waals surface area (Å²) in [6.45, 7) is 5.62. The highest BCUT2D eigenvalue weighted by molar-refractivity contribution is 5.97. The van der Waals surface area contributed by atoms with Crippen molar-refractivity contribution >= 4 is 17.0 Å². The Bertz CT molecular complexity index is 736. The van der Waals surface area contributed by atoms with Crippen molar-refractivity contribution in [3.63, 3.8) is 0 Å². The fourth-order valence-electron chi connectivity index (χ4n) is 2.78. The van der Waals surface area contributed by atoms with Gasteiger partial charge in [0.2, 0.25) is 0 Å². The van der Waals surface area contributed by atoms with Gasteiger partial charge in [-0.15, -0.1) is 6.58 Å². The zero-order valence-corrected chi connectivity index (χ0v) is 11.9. The summed E-state index contributed by atoms with van der Waals surface area (Å²) in [4.78, 5) is 26.1. The van der Waals surface area contributed by atoms with Gasteiger partial charge in [-0.25, -0.2) is 4.79 Å². The van der Waals surface area contributed by atoms with E-state index >= 15 is 0 Å². The van der Waals surface area contributed by atoms with Crippen LogP contribution in [0.4, 0.5) is 0 Å². The van der Waals surface area contributed by atoms with Crippen molar-refractivity contribution in [1.82, 2.24) is 9.47 Å². The molecule has 0 aliphatic carbocycles. The predicted octanol–water partition coefficient (Wildman–Crippen LogP) is 2.41. The molecule has 2 heterocycles. The molecule has 0 spiro atoms. The fraction of sp³-hybridized carbons (Fsp3) is 0.375. The van der Waals surface area contributed by atoms with Gasteiger partial charge in [0, 0.05) is 25.2 Å². The van der Waals surface area contributed by atoms with Crippen molar-refractivity contribution in [1.29, 1.82) is 0 Å². The van der Waals surface area contributed by atoms with E-state index in [1.165, 1.54) is 11.0 Å². The molecule has 1 aromatic heterocycles. The maximum atomic E-state index is 12.5. The first-order valence-electron chi connectivity index (χ1n) is 7.24. The second-order valence-corrected chi connectivity index (χ2v) is 5.30. The van der Waals surface area contributed by atoms with Gasteiger partial charge in [-0.1, -0.05) is 6.08 Å². The number of hydrogen-bond acceptors (Lipinski definition) is 3. The number of allylic oxidation sites excluding steroid dienone is 1. The standard InChI is InChI=1S/C16H18N2O3/c1-2-8-18-13-11-12(6-7-14(13)21-16(18)20)15(19)17-9-4-3-5-10-17/h2,6-7,11H,1,3-5,8-10H2. The zero-order chi connectivity index (χ0) is 14.8. The molecule has 21 heavy (non-hydrogen) atoms. The highest BCUT2D eigenvalue weighted by atomic mass is 16.4. The minimum atomic E-state index is -0.424. The lowest BCUT2D eigenvalue weighted by Crippen LogP contribution is -2.35. The number of amides is 1. The Morgan fingerprint density at radius 1 is 1.29 bits per heavy atom. The second kappa shape index (κ2) is 5.60. The van der Waals surface area contributed by atoms with Gasteiger partial charge in [-0.2, -0.15) is 0 Å². The minimum Gasteiger partial charge on any atom is -0.408 e.